The zero-order valence-corrected chi connectivity index (χ0v) is 10.7. The van der Waals surface area contributed by atoms with E-state index in [2.05, 4.69) is 12.2 Å². The summed E-state index contributed by atoms with van der Waals surface area (Å²) in [5.41, 5.74) is 0.747. The maximum atomic E-state index is 12.0. The standard InChI is InChI=1S/C14H16N2O3/c1-9-7-8-11-12(15-9)16(14(18)19-13(11)17)10-5-3-2-4-6-10/h2-6,9,11-12,15H,7-8H2,1H3. The number of amides is 1. The van der Waals surface area contributed by atoms with Crippen molar-refractivity contribution in [3.8, 4) is 0 Å². The number of nitrogens with zero attached hydrogens (tertiary/aromatic N) is 1. The number of carbonyl (C=O) groups excluding carboxylic acids is 2. The molecule has 2 saturated heterocycles. The number of piperidine rings is 1. The Bertz CT molecular complexity index is 503. The summed E-state index contributed by atoms with van der Waals surface area (Å²) in [6, 6.07) is 9.58. The van der Waals surface area contributed by atoms with Gasteiger partial charge in [0.25, 0.3) is 0 Å². The highest BCUT2D eigenvalue weighted by Crippen LogP contribution is 2.31. The zero-order valence-electron chi connectivity index (χ0n) is 10.7. The minimum atomic E-state index is -0.598. The van der Waals surface area contributed by atoms with Crippen LogP contribution in [0, 0.1) is 5.92 Å². The Kier molecular flexibility index (Phi) is 2.98. The molecule has 0 aliphatic carbocycles. The molecule has 5 heteroatoms. The largest absolute Gasteiger partial charge is 0.423 e. The topological polar surface area (TPSA) is 58.6 Å². The van der Waals surface area contributed by atoms with Gasteiger partial charge in [-0.1, -0.05) is 18.2 Å². The third-order valence-corrected chi connectivity index (χ3v) is 3.75. The fourth-order valence-corrected chi connectivity index (χ4v) is 2.76. The molecule has 0 spiro atoms. The van der Waals surface area contributed by atoms with E-state index in [0.717, 1.165) is 18.5 Å². The van der Waals surface area contributed by atoms with Gasteiger partial charge in [-0.25, -0.2) is 4.79 Å². The molecular weight excluding hydrogens is 244 g/mol. The Morgan fingerprint density at radius 1 is 1.21 bits per heavy atom. The highest BCUT2D eigenvalue weighted by molar-refractivity contribution is 5.99. The van der Waals surface area contributed by atoms with Crippen LogP contribution in [0.3, 0.4) is 0 Å². The first-order valence-corrected chi connectivity index (χ1v) is 6.53. The number of para-hydroxylation sites is 1. The normalized spacial score (nSPS) is 30.8. The predicted octanol–water partition coefficient (Wildman–Crippen LogP) is 1.88. The van der Waals surface area contributed by atoms with E-state index in [1.54, 1.807) is 4.90 Å². The van der Waals surface area contributed by atoms with E-state index in [0.29, 0.717) is 0 Å². The van der Waals surface area contributed by atoms with Crippen LogP contribution >= 0.6 is 0 Å². The molecule has 3 atom stereocenters. The SMILES string of the molecule is CC1CCC2C(=O)OC(=O)N(c3ccccc3)C2N1. The Balaban J connectivity index is 1.96. The third kappa shape index (κ3) is 2.10. The van der Waals surface area contributed by atoms with Crippen LogP contribution in [0.1, 0.15) is 19.8 Å². The van der Waals surface area contributed by atoms with Gasteiger partial charge in [0, 0.05) is 11.7 Å². The first-order chi connectivity index (χ1) is 9.16. The van der Waals surface area contributed by atoms with Crippen LogP contribution in [0.25, 0.3) is 0 Å². The fraction of sp³-hybridized carbons (Fsp3) is 0.429. The van der Waals surface area contributed by atoms with Gasteiger partial charge < -0.3 is 4.74 Å². The van der Waals surface area contributed by atoms with Crippen molar-refractivity contribution < 1.29 is 14.3 Å². The Hall–Kier alpha value is -1.88. The minimum absolute atomic E-state index is 0.283. The molecule has 2 aliphatic heterocycles. The van der Waals surface area contributed by atoms with E-state index in [1.165, 1.54) is 0 Å². The number of ether oxygens (including phenoxy) is 1. The molecule has 0 saturated carbocycles. The van der Waals surface area contributed by atoms with Crippen molar-refractivity contribution in [2.24, 2.45) is 5.92 Å². The van der Waals surface area contributed by atoms with E-state index in [9.17, 15) is 9.59 Å². The molecule has 2 heterocycles. The van der Waals surface area contributed by atoms with Crippen LogP contribution in [-0.2, 0) is 9.53 Å². The van der Waals surface area contributed by atoms with Crippen LogP contribution in [0.15, 0.2) is 30.3 Å². The van der Waals surface area contributed by atoms with Crippen molar-refractivity contribution in [2.75, 3.05) is 4.90 Å². The van der Waals surface area contributed by atoms with Crippen LogP contribution in [-0.4, -0.2) is 24.3 Å². The first-order valence-electron chi connectivity index (χ1n) is 6.53. The van der Waals surface area contributed by atoms with E-state index in [-0.39, 0.29) is 18.1 Å². The molecule has 1 amide bonds. The van der Waals surface area contributed by atoms with Crippen molar-refractivity contribution in [3.05, 3.63) is 30.3 Å². The van der Waals surface area contributed by atoms with Crippen molar-refractivity contribution in [1.82, 2.24) is 5.32 Å². The second-order valence-corrected chi connectivity index (χ2v) is 5.09. The lowest BCUT2D eigenvalue weighted by Crippen LogP contribution is -2.64. The Morgan fingerprint density at radius 3 is 2.68 bits per heavy atom. The maximum Gasteiger partial charge on any atom is 0.423 e. The molecule has 3 rings (SSSR count). The molecule has 2 aliphatic rings. The molecule has 2 fully saturated rings. The quantitative estimate of drug-likeness (QED) is 0.618. The van der Waals surface area contributed by atoms with Gasteiger partial charge in [0.05, 0.1) is 5.92 Å². The van der Waals surface area contributed by atoms with Crippen molar-refractivity contribution in [1.29, 1.82) is 0 Å². The smallest absolute Gasteiger partial charge is 0.376 e. The van der Waals surface area contributed by atoms with Crippen LogP contribution in [0.2, 0.25) is 0 Å². The molecule has 1 aromatic carbocycles. The molecule has 5 nitrogen and oxygen atoms in total. The Labute approximate surface area is 111 Å². The van der Waals surface area contributed by atoms with E-state index >= 15 is 0 Å². The van der Waals surface area contributed by atoms with Gasteiger partial charge in [-0.2, -0.15) is 0 Å². The highest BCUT2D eigenvalue weighted by atomic mass is 16.6. The molecule has 19 heavy (non-hydrogen) atoms. The number of nitrogens with one attached hydrogen (secondary N) is 1. The average molecular weight is 260 g/mol. The summed E-state index contributed by atoms with van der Waals surface area (Å²) in [7, 11) is 0. The Morgan fingerprint density at radius 2 is 1.95 bits per heavy atom. The summed E-state index contributed by atoms with van der Waals surface area (Å²) in [6.07, 6.45) is 0.750. The molecule has 100 valence electrons. The summed E-state index contributed by atoms with van der Waals surface area (Å²) in [6.45, 7) is 2.06. The van der Waals surface area contributed by atoms with E-state index < -0.39 is 12.1 Å². The summed E-state index contributed by atoms with van der Waals surface area (Å²) in [5.74, 6) is -0.698. The number of hydrogen-bond acceptors (Lipinski definition) is 4. The molecule has 0 radical (unpaired) electrons. The molecule has 1 N–H and O–H groups in total. The molecule has 0 aromatic heterocycles. The molecule has 0 bridgehead atoms. The number of fused-ring (bicyclic) bond motifs is 1. The van der Waals surface area contributed by atoms with Crippen LogP contribution in [0.4, 0.5) is 10.5 Å². The first kappa shape index (κ1) is 12.2. The van der Waals surface area contributed by atoms with Gasteiger partial charge in [-0.05, 0) is 31.9 Å². The van der Waals surface area contributed by atoms with Crippen molar-refractivity contribution in [2.45, 2.75) is 32.0 Å². The number of rotatable bonds is 1. The summed E-state index contributed by atoms with van der Waals surface area (Å²) < 4.78 is 4.87. The number of anilines is 1. The minimum Gasteiger partial charge on any atom is -0.376 e. The highest BCUT2D eigenvalue weighted by Gasteiger charge is 2.46. The number of carbonyl (C=O) groups is 2. The second kappa shape index (κ2) is 4.66. The van der Waals surface area contributed by atoms with Crippen molar-refractivity contribution in [3.63, 3.8) is 0 Å². The van der Waals surface area contributed by atoms with Crippen LogP contribution < -0.4 is 10.2 Å². The molecule has 1 aromatic rings. The van der Waals surface area contributed by atoms with Gasteiger partial charge in [0.2, 0.25) is 0 Å². The van der Waals surface area contributed by atoms with Gasteiger partial charge >= 0.3 is 12.1 Å². The zero-order chi connectivity index (χ0) is 13.4. The lowest BCUT2D eigenvalue weighted by atomic mass is 9.90. The summed E-state index contributed by atoms with van der Waals surface area (Å²) in [5, 5.41) is 3.33. The molecular formula is C14H16N2O3. The maximum absolute atomic E-state index is 12.0. The van der Waals surface area contributed by atoms with Gasteiger partial charge in [0.1, 0.15) is 6.17 Å². The summed E-state index contributed by atoms with van der Waals surface area (Å²) in [4.78, 5) is 25.4. The summed E-state index contributed by atoms with van der Waals surface area (Å²) >= 11 is 0. The van der Waals surface area contributed by atoms with Crippen molar-refractivity contribution >= 4 is 17.7 Å². The number of esters is 1. The monoisotopic (exact) mass is 260 g/mol. The lowest BCUT2D eigenvalue weighted by molar-refractivity contribution is -0.146. The van der Waals surface area contributed by atoms with Gasteiger partial charge in [-0.3, -0.25) is 15.0 Å². The molecule has 3 unspecified atom stereocenters. The lowest BCUT2D eigenvalue weighted by Gasteiger charge is -2.43. The van der Waals surface area contributed by atoms with E-state index in [1.807, 2.05) is 30.3 Å². The van der Waals surface area contributed by atoms with E-state index in [4.69, 9.17) is 4.74 Å². The number of hydrogen-bond donors (Lipinski definition) is 1. The van der Waals surface area contributed by atoms with Gasteiger partial charge in [-0.15, -0.1) is 0 Å². The average Bonchev–Trinajstić information content (AvgIpc) is 2.39. The fourth-order valence-electron chi connectivity index (χ4n) is 2.76. The second-order valence-electron chi connectivity index (χ2n) is 5.09. The predicted molar refractivity (Wildman–Crippen MR) is 69.5 cm³/mol. The number of cyclic esters (lactones) is 2. The van der Waals surface area contributed by atoms with Gasteiger partial charge in [0.15, 0.2) is 0 Å². The van der Waals surface area contributed by atoms with Crippen LogP contribution in [0.5, 0.6) is 0 Å². The number of benzene rings is 1. The third-order valence-electron chi connectivity index (χ3n) is 3.75.